The van der Waals surface area contributed by atoms with Gasteiger partial charge in [-0.25, -0.2) is 0 Å². The normalized spacial score (nSPS) is 12.5. The van der Waals surface area contributed by atoms with Gasteiger partial charge in [0.05, 0.1) is 0 Å². The van der Waals surface area contributed by atoms with Crippen LogP contribution in [0.15, 0.2) is 24.3 Å². The van der Waals surface area contributed by atoms with E-state index in [1.165, 1.54) is 0 Å². The van der Waals surface area contributed by atoms with Gasteiger partial charge in [-0.1, -0.05) is 24.3 Å². The molecule has 13 heavy (non-hydrogen) atoms. The van der Waals surface area contributed by atoms with E-state index in [1.807, 2.05) is 6.92 Å². The summed E-state index contributed by atoms with van der Waals surface area (Å²) in [5.41, 5.74) is 1.25. The number of carbonyl (C=O) groups is 1. The van der Waals surface area contributed by atoms with Crippen molar-refractivity contribution >= 4 is 6.29 Å². The van der Waals surface area contributed by atoms with Crippen LogP contribution < -0.4 is 0 Å². The summed E-state index contributed by atoms with van der Waals surface area (Å²) in [7, 11) is 0. The Bertz CT molecular complexity index is 266. The van der Waals surface area contributed by atoms with Crippen molar-refractivity contribution in [3.8, 4) is 0 Å². The maximum atomic E-state index is 10.3. The van der Waals surface area contributed by atoms with Gasteiger partial charge in [0, 0.05) is 17.7 Å². The fraction of sp³-hybridized carbons (Fsp3) is 0.300. The molecule has 1 N–H and O–H groups in total. The highest BCUT2D eigenvalue weighted by Crippen LogP contribution is 2.13. The first-order valence-corrected chi connectivity index (χ1v) is 4.12. The van der Waals surface area contributed by atoms with E-state index in [-0.39, 0.29) is 0 Å². The van der Waals surface area contributed by atoms with Gasteiger partial charge in [-0.15, -0.1) is 0 Å². The van der Waals surface area contributed by atoms with E-state index in [0.717, 1.165) is 6.29 Å². The smallest absolute Gasteiger partial charge is 0.181 e. The average Bonchev–Trinajstić information content (AvgIpc) is 2.18. The molecule has 0 saturated heterocycles. The molecule has 1 atom stereocenters. The van der Waals surface area contributed by atoms with Gasteiger partial charge in [0.1, 0.15) is 6.29 Å². The van der Waals surface area contributed by atoms with Crippen LogP contribution in [0.4, 0.5) is 0 Å². The fourth-order valence-corrected chi connectivity index (χ4v) is 0.993. The first kappa shape index (κ1) is 9.89. The maximum absolute atomic E-state index is 10.3. The summed E-state index contributed by atoms with van der Waals surface area (Å²) in [5, 5.41) is 9.37. The third kappa shape index (κ3) is 2.65. The molecule has 1 rings (SSSR count). The van der Waals surface area contributed by atoms with Crippen LogP contribution in [0.25, 0.3) is 0 Å². The molecular formula is C10H12O3. The van der Waals surface area contributed by atoms with Crippen LogP contribution in [-0.4, -0.2) is 18.0 Å². The highest BCUT2D eigenvalue weighted by molar-refractivity contribution is 5.74. The van der Waals surface area contributed by atoms with Gasteiger partial charge in [0.2, 0.25) is 0 Å². The van der Waals surface area contributed by atoms with Gasteiger partial charge < -0.3 is 9.84 Å². The molecule has 3 heteroatoms. The van der Waals surface area contributed by atoms with E-state index in [1.54, 1.807) is 24.3 Å². The van der Waals surface area contributed by atoms with E-state index in [2.05, 4.69) is 0 Å². The molecule has 3 nitrogen and oxygen atoms in total. The van der Waals surface area contributed by atoms with Crippen LogP contribution >= 0.6 is 0 Å². The van der Waals surface area contributed by atoms with E-state index in [0.29, 0.717) is 17.7 Å². The molecular weight excluding hydrogens is 168 g/mol. The molecule has 0 fully saturated rings. The number of carbonyl (C=O) groups excluding carboxylic acids is 1. The second-order valence-corrected chi connectivity index (χ2v) is 2.59. The average molecular weight is 180 g/mol. The van der Waals surface area contributed by atoms with E-state index >= 15 is 0 Å². The zero-order chi connectivity index (χ0) is 9.68. The van der Waals surface area contributed by atoms with Gasteiger partial charge in [0.15, 0.2) is 6.29 Å². The lowest BCUT2D eigenvalue weighted by molar-refractivity contribution is -0.0979. The van der Waals surface area contributed by atoms with Gasteiger partial charge in [-0.05, 0) is 6.92 Å². The number of rotatable bonds is 4. The number of hydrogen-bond acceptors (Lipinski definition) is 3. The Morgan fingerprint density at radius 2 is 2.08 bits per heavy atom. The molecule has 70 valence electrons. The van der Waals surface area contributed by atoms with E-state index < -0.39 is 6.29 Å². The highest BCUT2D eigenvalue weighted by atomic mass is 16.6. The molecule has 0 aromatic heterocycles. The molecule has 0 spiro atoms. The Morgan fingerprint density at radius 1 is 1.46 bits per heavy atom. The Kier molecular flexibility index (Phi) is 3.61. The minimum absolute atomic E-state index is 0.455. The van der Waals surface area contributed by atoms with Crippen molar-refractivity contribution in [2.75, 3.05) is 6.61 Å². The van der Waals surface area contributed by atoms with Gasteiger partial charge in [0.25, 0.3) is 0 Å². The fourth-order valence-electron chi connectivity index (χ4n) is 0.993. The molecule has 1 unspecified atom stereocenters. The molecule has 0 aliphatic carbocycles. The summed E-state index contributed by atoms with van der Waals surface area (Å²) >= 11 is 0. The van der Waals surface area contributed by atoms with Crippen molar-refractivity contribution < 1.29 is 14.6 Å². The van der Waals surface area contributed by atoms with E-state index in [9.17, 15) is 9.90 Å². The maximum Gasteiger partial charge on any atom is 0.181 e. The first-order chi connectivity index (χ1) is 6.27. The van der Waals surface area contributed by atoms with Gasteiger partial charge in [-0.2, -0.15) is 0 Å². The Hall–Kier alpha value is -1.19. The molecule has 0 aliphatic rings. The molecule has 0 amide bonds. The number of aliphatic hydroxyl groups is 1. The summed E-state index contributed by atoms with van der Waals surface area (Å²) in [5.74, 6) is 0. The van der Waals surface area contributed by atoms with Gasteiger partial charge >= 0.3 is 0 Å². The third-order valence-corrected chi connectivity index (χ3v) is 1.68. The predicted molar refractivity (Wildman–Crippen MR) is 48.4 cm³/mol. The number of ether oxygens (including phenoxy) is 1. The van der Waals surface area contributed by atoms with Crippen molar-refractivity contribution in [3.05, 3.63) is 35.4 Å². The zero-order valence-corrected chi connectivity index (χ0v) is 7.43. The molecule has 0 heterocycles. The standard InChI is InChI=1S/C10H12O3/c1-2-13-10(12)9-5-3-8(7-11)4-6-9/h3-7,10,12H,2H2,1H3. The molecule has 0 bridgehead atoms. The predicted octanol–water partition coefficient (Wildman–Crippen LogP) is 1.53. The van der Waals surface area contributed by atoms with Crippen molar-refractivity contribution in [2.24, 2.45) is 0 Å². The number of benzene rings is 1. The van der Waals surface area contributed by atoms with Crippen molar-refractivity contribution in [1.82, 2.24) is 0 Å². The van der Waals surface area contributed by atoms with Crippen LogP contribution in [0.3, 0.4) is 0 Å². The minimum atomic E-state index is -0.897. The first-order valence-electron chi connectivity index (χ1n) is 4.12. The molecule has 1 aromatic carbocycles. The Labute approximate surface area is 77.0 Å². The second kappa shape index (κ2) is 4.74. The topological polar surface area (TPSA) is 46.5 Å². The monoisotopic (exact) mass is 180 g/mol. The lowest BCUT2D eigenvalue weighted by Gasteiger charge is -2.10. The molecule has 0 aliphatic heterocycles. The third-order valence-electron chi connectivity index (χ3n) is 1.68. The second-order valence-electron chi connectivity index (χ2n) is 2.59. The van der Waals surface area contributed by atoms with Crippen molar-refractivity contribution in [1.29, 1.82) is 0 Å². The molecule has 1 aromatic rings. The lowest BCUT2D eigenvalue weighted by atomic mass is 10.1. The lowest BCUT2D eigenvalue weighted by Crippen LogP contribution is -2.02. The SMILES string of the molecule is CCOC(O)c1ccc(C=O)cc1. The van der Waals surface area contributed by atoms with Crippen molar-refractivity contribution in [3.63, 3.8) is 0 Å². The summed E-state index contributed by atoms with van der Waals surface area (Å²) in [6, 6.07) is 6.63. The summed E-state index contributed by atoms with van der Waals surface area (Å²) in [6.45, 7) is 2.26. The number of aliphatic hydroxyl groups excluding tert-OH is 1. The summed E-state index contributed by atoms with van der Waals surface area (Å²) in [6.07, 6.45) is -0.137. The van der Waals surface area contributed by atoms with Gasteiger partial charge in [-0.3, -0.25) is 4.79 Å². The minimum Gasteiger partial charge on any atom is -0.364 e. The largest absolute Gasteiger partial charge is 0.364 e. The Morgan fingerprint density at radius 3 is 2.54 bits per heavy atom. The van der Waals surface area contributed by atoms with Crippen LogP contribution in [0.5, 0.6) is 0 Å². The van der Waals surface area contributed by atoms with Crippen LogP contribution in [-0.2, 0) is 4.74 Å². The van der Waals surface area contributed by atoms with Crippen molar-refractivity contribution in [2.45, 2.75) is 13.2 Å². The highest BCUT2D eigenvalue weighted by Gasteiger charge is 2.05. The zero-order valence-electron chi connectivity index (χ0n) is 7.43. The molecule has 0 radical (unpaired) electrons. The number of hydrogen-bond donors (Lipinski definition) is 1. The Balaban J connectivity index is 2.73. The molecule has 0 saturated carbocycles. The van der Waals surface area contributed by atoms with E-state index in [4.69, 9.17) is 4.74 Å². The quantitative estimate of drug-likeness (QED) is 0.564. The van der Waals surface area contributed by atoms with Crippen LogP contribution in [0.1, 0.15) is 29.1 Å². The number of aldehydes is 1. The van der Waals surface area contributed by atoms with Crippen LogP contribution in [0.2, 0.25) is 0 Å². The summed E-state index contributed by atoms with van der Waals surface area (Å²) < 4.78 is 4.97. The van der Waals surface area contributed by atoms with Crippen LogP contribution in [0, 0.1) is 0 Å². The summed E-state index contributed by atoms with van der Waals surface area (Å²) in [4.78, 5) is 10.3.